The minimum Gasteiger partial charge on any atom is -0.346 e. The molecular formula is C35H64N6O6S+2. The van der Waals surface area contributed by atoms with E-state index in [0.717, 1.165) is 25.8 Å². The highest BCUT2D eigenvalue weighted by Gasteiger charge is 2.48. The summed E-state index contributed by atoms with van der Waals surface area (Å²) >= 11 is 0.597. The molecule has 6 N–H and O–H groups in total. The zero-order valence-electron chi connectivity index (χ0n) is 30.9. The van der Waals surface area contributed by atoms with Gasteiger partial charge >= 0.3 is 17.7 Å². The summed E-state index contributed by atoms with van der Waals surface area (Å²) in [7, 11) is 0. The van der Waals surface area contributed by atoms with E-state index in [9.17, 15) is 28.2 Å². The molecule has 13 heteroatoms. The molecule has 0 aromatic rings. The molecule has 48 heavy (non-hydrogen) atoms. The summed E-state index contributed by atoms with van der Waals surface area (Å²) in [5, 5.41) is 13.5. The molecule has 274 valence electrons. The largest absolute Gasteiger partial charge is 0.458 e. The predicted molar refractivity (Wildman–Crippen MR) is 190 cm³/mol. The standard InChI is InChI=1S/C35H62N6O6S/c1-11-13-16-25(28(42)31(44)37-18-12-2)38-30(43)27-24(23(3)4)17-20-41(27)32(45)29(35(8,9)10)40-33(46)39-26(34(5,6)7)22-36-19-14-15-21-48-47/h12,23-27,29,36H,2,11,13-22H2,1,3-10H3,(H3-,37,38,39,40,43,44,46)/p+2/t24-,25?,26-,27+,29-/m1/s1. The van der Waals surface area contributed by atoms with Crippen molar-refractivity contribution in [1.29, 1.82) is 0 Å². The Kier molecular flexibility index (Phi) is 18.5. The van der Waals surface area contributed by atoms with Gasteiger partial charge in [0, 0.05) is 30.1 Å². The molecule has 0 bridgehead atoms. The van der Waals surface area contributed by atoms with Crippen molar-refractivity contribution in [3.05, 3.63) is 12.7 Å². The van der Waals surface area contributed by atoms with Gasteiger partial charge in [0.2, 0.25) is 23.4 Å². The van der Waals surface area contributed by atoms with Crippen molar-refractivity contribution in [2.45, 2.75) is 125 Å². The Balaban J connectivity index is 3.23. The van der Waals surface area contributed by atoms with Gasteiger partial charge in [0.25, 0.3) is 5.91 Å². The number of nitrogens with zero attached hydrogens (tertiary/aromatic N) is 1. The van der Waals surface area contributed by atoms with Crippen LogP contribution in [0.1, 0.15) is 101 Å². The summed E-state index contributed by atoms with van der Waals surface area (Å²) in [4.78, 5) is 69.0. The highest BCUT2D eigenvalue weighted by molar-refractivity contribution is 7.65. The summed E-state index contributed by atoms with van der Waals surface area (Å²) in [6.45, 7) is 23.2. The molecule has 1 heterocycles. The van der Waals surface area contributed by atoms with Crippen LogP contribution in [0.3, 0.4) is 0 Å². The van der Waals surface area contributed by atoms with Crippen LogP contribution in [0.15, 0.2) is 12.7 Å². The van der Waals surface area contributed by atoms with Crippen LogP contribution in [0.25, 0.3) is 0 Å². The maximum atomic E-state index is 14.3. The van der Waals surface area contributed by atoms with Crippen LogP contribution in [-0.2, 0) is 35.1 Å². The van der Waals surface area contributed by atoms with E-state index in [0.29, 0.717) is 49.8 Å². The van der Waals surface area contributed by atoms with Crippen molar-refractivity contribution in [2.24, 2.45) is 22.7 Å². The number of urea groups is 1. The highest BCUT2D eigenvalue weighted by Crippen LogP contribution is 2.33. The number of nitrogens with one attached hydrogen (secondary N) is 4. The van der Waals surface area contributed by atoms with E-state index in [2.05, 4.69) is 33.2 Å². The smallest absolute Gasteiger partial charge is 0.346 e. The first-order chi connectivity index (χ1) is 22.4. The molecule has 1 rings (SSSR count). The molecule has 5 atom stereocenters. The molecule has 1 fully saturated rings. The van der Waals surface area contributed by atoms with Crippen LogP contribution in [0.2, 0.25) is 0 Å². The first kappa shape index (κ1) is 43.1. The molecule has 0 aliphatic carbocycles. The number of quaternary nitrogens is 1. The van der Waals surface area contributed by atoms with Crippen LogP contribution in [0, 0.1) is 22.7 Å². The Bertz CT molecular complexity index is 1100. The molecule has 1 aliphatic rings. The first-order valence-electron chi connectivity index (χ1n) is 17.6. The van der Waals surface area contributed by atoms with Gasteiger partial charge in [-0.05, 0) is 35.5 Å². The van der Waals surface area contributed by atoms with E-state index >= 15 is 0 Å². The number of carbonyl (C=O) groups is 5. The second-order valence-electron chi connectivity index (χ2n) is 15.4. The lowest BCUT2D eigenvalue weighted by molar-refractivity contribution is -0.658. The van der Waals surface area contributed by atoms with Crippen LogP contribution in [-0.4, -0.2) is 90.5 Å². The van der Waals surface area contributed by atoms with Crippen LogP contribution in [0.5, 0.6) is 0 Å². The fraction of sp³-hybridized carbons (Fsp3) is 0.800. The van der Waals surface area contributed by atoms with Gasteiger partial charge in [0.05, 0.1) is 25.2 Å². The van der Waals surface area contributed by atoms with Gasteiger partial charge in [0.15, 0.2) is 0 Å². The monoisotopic (exact) mass is 696 g/mol. The van der Waals surface area contributed by atoms with E-state index < -0.39 is 47.2 Å². The normalized spacial score (nSPS) is 18.4. The van der Waals surface area contributed by atoms with E-state index in [4.69, 9.17) is 0 Å². The number of Topliss-reactive ketones (excluding diaryl/α,β-unsaturated/α-hetero) is 1. The number of nitrogens with two attached hydrogens (primary N) is 1. The Hall–Kier alpha value is -2.93. The second-order valence-corrected chi connectivity index (χ2v) is 16.1. The van der Waals surface area contributed by atoms with Crippen molar-refractivity contribution < 1.29 is 33.5 Å². The quantitative estimate of drug-likeness (QED) is 0.0566. The van der Waals surface area contributed by atoms with Crippen LogP contribution < -0.4 is 26.6 Å². The fourth-order valence-electron chi connectivity index (χ4n) is 5.95. The molecule has 0 spiro atoms. The fourth-order valence-corrected chi connectivity index (χ4v) is 6.27. The van der Waals surface area contributed by atoms with Gasteiger partial charge in [-0.2, -0.15) is 0 Å². The molecule has 0 aromatic carbocycles. The molecule has 0 saturated carbocycles. The third-order valence-corrected chi connectivity index (χ3v) is 9.45. The summed E-state index contributed by atoms with van der Waals surface area (Å²) in [6.07, 6.45) is 5.53. The predicted octanol–water partition coefficient (Wildman–Crippen LogP) is 2.31. The van der Waals surface area contributed by atoms with Gasteiger partial charge in [-0.15, -0.1) is 6.58 Å². The summed E-state index contributed by atoms with van der Waals surface area (Å²) in [6, 6.07) is -3.48. The minimum absolute atomic E-state index is 0.0615. The van der Waals surface area contributed by atoms with E-state index in [1.54, 1.807) is 4.90 Å². The molecule has 0 radical (unpaired) electrons. The topological polar surface area (TPSA) is 170 Å². The van der Waals surface area contributed by atoms with E-state index in [-0.39, 0.29) is 35.7 Å². The van der Waals surface area contributed by atoms with Crippen molar-refractivity contribution in [3.63, 3.8) is 0 Å². The number of hydrogen-bond acceptors (Lipinski definition) is 6. The van der Waals surface area contributed by atoms with E-state index in [1.165, 1.54) is 6.08 Å². The number of amides is 5. The SMILES string of the molecule is C=CCNC(=O)C(=O)C(CCCC)NC(=O)[C@@H]1[C@@H](C(C)C)CCN1C(=O)[C@@H](NC(=O)N[C@H](C[NH2+]CCCC[S+]=O)C(C)(C)C)C(C)(C)C. The summed E-state index contributed by atoms with van der Waals surface area (Å²) in [5.41, 5.74) is -0.936. The number of unbranched alkanes of at least 4 members (excludes halogenated alkanes) is 2. The zero-order chi connectivity index (χ0) is 36.7. The van der Waals surface area contributed by atoms with Crippen molar-refractivity contribution in [3.8, 4) is 0 Å². The van der Waals surface area contributed by atoms with Gasteiger partial charge in [0.1, 0.15) is 12.1 Å². The third kappa shape index (κ3) is 13.9. The first-order valence-corrected chi connectivity index (χ1v) is 18.5. The number of carbonyl (C=O) groups excluding carboxylic acids is 5. The second kappa shape index (κ2) is 20.6. The maximum absolute atomic E-state index is 14.3. The Morgan fingerprint density at radius 3 is 2.19 bits per heavy atom. The van der Waals surface area contributed by atoms with Gasteiger partial charge in [-0.1, -0.05) is 81.2 Å². The Morgan fingerprint density at radius 2 is 1.65 bits per heavy atom. The van der Waals surface area contributed by atoms with Gasteiger partial charge in [-0.3, -0.25) is 19.2 Å². The molecule has 0 aromatic heterocycles. The Morgan fingerprint density at radius 1 is 0.979 bits per heavy atom. The number of hydrogen-bond donors (Lipinski definition) is 5. The molecular weight excluding hydrogens is 632 g/mol. The van der Waals surface area contributed by atoms with Crippen LogP contribution >= 0.6 is 0 Å². The molecule has 1 aliphatic heterocycles. The maximum Gasteiger partial charge on any atom is 0.458 e. The zero-order valence-corrected chi connectivity index (χ0v) is 31.7. The minimum atomic E-state index is -1.02. The molecule has 5 amide bonds. The lowest BCUT2D eigenvalue weighted by Gasteiger charge is -2.37. The van der Waals surface area contributed by atoms with Crippen molar-refractivity contribution in [1.82, 2.24) is 26.2 Å². The summed E-state index contributed by atoms with van der Waals surface area (Å²) in [5.74, 6) is -1.88. The number of rotatable bonds is 20. The average Bonchev–Trinajstić information content (AvgIpc) is 3.46. The van der Waals surface area contributed by atoms with E-state index in [1.807, 2.05) is 62.3 Å². The average molecular weight is 697 g/mol. The molecule has 1 saturated heterocycles. The lowest BCUT2D eigenvalue weighted by atomic mass is 9.84. The van der Waals surface area contributed by atoms with Crippen molar-refractivity contribution in [2.75, 3.05) is 31.9 Å². The Labute approximate surface area is 292 Å². The summed E-state index contributed by atoms with van der Waals surface area (Å²) < 4.78 is 10.6. The number of ketones is 1. The third-order valence-electron chi connectivity index (χ3n) is 8.99. The van der Waals surface area contributed by atoms with Crippen molar-refractivity contribution >= 4 is 41.2 Å². The lowest BCUT2D eigenvalue weighted by Crippen LogP contribution is -2.88. The van der Waals surface area contributed by atoms with Gasteiger partial charge in [-0.25, -0.2) is 4.79 Å². The molecule has 1 unspecified atom stereocenters. The highest BCUT2D eigenvalue weighted by atomic mass is 32.1. The molecule has 12 nitrogen and oxygen atoms in total. The number of likely N-dealkylation sites (tertiary alicyclic amines) is 1. The van der Waals surface area contributed by atoms with Gasteiger partial charge < -0.3 is 31.5 Å². The van der Waals surface area contributed by atoms with Crippen LogP contribution in [0.4, 0.5) is 4.79 Å².